The van der Waals surface area contributed by atoms with Gasteiger partial charge in [-0.3, -0.25) is 14.6 Å². The van der Waals surface area contributed by atoms with E-state index in [0.717, 1.165) is 11.1 Å². The average molecular weight is 386 g/mol. The van der Waals surface area contributed by atoms with Crippen LogP contribution in [0.5, 0.6) is 0 Å². The van der Waals surface area contributed by atoms with Crippen molar-refractivity contribution in [3.63, 3.8) is 0 Å². The summed E-state index contributed by atoms with van der Waals surface area (Å²) in [5, 5.41) is 24.8. The first kappa shape index (κ1) is 17.8. The molecule has 1 saturated carbocycles. The molecule has 3 N–H and O–H groups in total. The second kappa shape index (κ2) is 7.54. The Kier molecular flexibility index (Phi) is 4.96. The number of rotatable bonds is 5. The quantitative estimate of drug-likeness (QED) is 0.628. The highest BCUT2D eigenvalue weighted by Crippen LogP contribution is 2.28. The number of H-pyrrole nitrogens is 1. The third-order valence-corrected chi connectivity index (χ3v) is 5.16. The summed E-state index contributed by atoms with van der Waals surface area (Å²) in [5.41, 5.74) is 2.52. The van der Waals surface area contributed by atoms with E-state index in [9.17, 15) is 9.90 Å². The lowest BCUT2D eigenvalue weighted by atomic mass is 10.1. The Labute approximate surface area is 161 Å². The van der Waals surface area contributed by atoms with E-state index in [0.29, 0.717) is 30.0 Å². The summed E-state index contributed by atoms with van der Waals surface area (Å²) in [6, 6.07) is 7.07. The molecule has 1 aliphatic carbocycles. The SMILES string of the molecule is O=C(N[C@@H]1CC(Cn2cc(Cl)cn2)C[C@H]1O)c1ccc(-c2cn[nH]c2)cc1. The molecule has 0 bridgehead atoms. The lowest BCUT2D eigenvalue weighted by Gasteiger charge is -2.16. The Morgan fingerprint density at radius 2 is 2.07 bits per heavy atom. The first-order valence-electron chi connectivity index (χ1n) is 8.84. The molecule has 0 aliphatic heterocycles. The molecule has 1 unspecified atom stereocenters. The normalized spacial score (nSPS) is 22.1. The van der Waals surface area contributed by atoms with Gasteiger partial charge in [-0.15, -0.1) is 0 Å². The number of hydrogen-bond acceptors (Lipinski definition) is 4. The van der Waals surface area contributed by atoms with E-state index in [1.165, 1.54) is 0 Å². The third-order valence-electron chi connectivity index (χ3n) is 4.97. The fourth-order valence-corrected chi connectivity index (χ4v) is 3.76. The Hall–Kier alpha value is -2.64. The van der Waals surface area contributed by atoms with Gasteiger partial charge >= 0.3 is 0 Å². The molecule has 27 heavy (non-hydrogen) atoms. The second-order valence-electron chi connectivity index (χ2n) is 6.93. The predicted molar refractivity (Wildman–Crippen MR) is 101 cm³/mol. The highest BCUT2D eigenvalue weighted by molar-refractivity contribution is 6.30. The maximum atomic E-state index is 12.5. The zero-order chi connectivity index (χ0) is 18.8. The summed E-state index contributed by atoms with van der Waals surface area (Å²) >= 11 is 5.89. The molecular weight excluding hydrogens is 366 g/mol. The van der Waals surface area contributed by atoms with Gasteiger partial charge in [-0.25, -0.2) is 0 Å². The number of aliphatic hydroxyl groups excluding tert-OH is 1. The van der Waals surface area contributed by atoms with Crippen LogP contribution in [-0.2, 0) is 6.54 Å². The van der Waals surface area contributed by atoms with Crippen molar-refractivity contribution in [1.82, 2.24) is 25.3 Å². The smallest absolute Gasteiger partial charge is 0.251 e. The monoisotopic (exact) mass is 385 g/mol. The van der Waals surface area contributed by atoms with Crippen molar-refractivity contribution >= 4 is 17.5 Å². The van der Waals surface area contributed by atoms with Crippen LogP contribution in [0.15, 0.2) is 49.1 Å². The Balaban J connectivity index is 1.36. The highest BCUT2D eigenvalue weighted by atomic mass is 35.5. The number of aromatic nitrogens is 4. The van der Waals surface area contributed by atoms with Crippen LogP contribution >= 0.6 is 11.6 Å². The summed E-state index contributed by atoms with van der Waals surface area (Å²) in [5.74, 6) is 0.0605. The van der Waals surface area contributed by atoms with Crippen molar-refractivity contribution in [3.8, 4) is 11.1 Å². The van der Waals surface area contributed by atoms with Crippen LogP contribution in [0.25, 0.3) is 11.1 Å². The van der Waals surface area contributed by atoms with Crippen LogP contribution in [0.1, 0.15) is 23.2 Å². The molecule has 0 radical (unpaired) electrons. The number of hydrogen-bond donors (Lipinski definition) is 3. The Morgan fingerprint density at radius 3 is 2.74 bits per heavy atom. The third kappa shape index (κ3) is 4.04. The number of nitrogens with one attached hydrogen (secondary N) is 2. The molecule has 3 atom stereocenters. The maximum absolute atomic E-state index is 12.5. The number of aromatic amines is 1. The minimum atomic E-state index is -0.560. The summed E-state index contributed by atoms with van der Waals surface area (Å²) in [6.45, 7) is 0.676. The van der Waals surface area contributed by atoms with Gasteiger partial charge in [0.1, 0.15) is 0 Å². The lowest BCUT2D eigenvalue weighted by Crippen LogP contribution is -2.39. The van der Waals surface area contributed by atoms with Crippen molar-refractivity contribution in [2.24, 2.45) is 5.92 Å². The largest absolute Gasteiger partial charge is 0.391 e. The van der Waals surface area contributed by atoms with Crippen LogP contribution in [0.3, 0.4) is 0 Å². The van der Waals surface area contributed by atoms with Gasteiger partial charge in [0.05, 0.1) is 29.6 Å². The number of amides is 1. The van der Waals surface area contributed by atoms with E-state index >= 15 is 0 Å². The topological polar surface area (TPSA) is 95.8 Å². The van der Waals surface area contributed by atoms with Crippen LogP contribution in [-0.4, -0.2) is 43.1 Å². The molecule has 1 aliphatic rings. The number of nitrogens with zero attached hydrogens (tertiary/aromatic N) is 3. The van der Waals surface area contributed by atoms with Crippen LogP contribution < -0.4 is 5.32 Å². The van der Waals surface area contributed by atoms with Gasteiger partial charge in [0, 0.05) is 30.1 Å². The fraction of sp³-hybridized carbons (Fsp3) is 0.316. The first-order valence-corrected chi connectivity index (χ1v) is 9.22. The number of halogens is 1. The summed E-state index contributed by atoms with van der Waals surface area (Å²) < 4.78 is 1.78. The van der Waals surface area contributed by atoms with Crippen LogP contribution in [0.2, 0.25) is 5.02 Å². The molecule has 1 amide bonds. The maximum Gasteiger partial charge on any atom is 0.251 e. The average Bonchev–Trinajstić information content (AvgIpc) is 3.39. The molecule has 2 heterocycles. The molecule has 7 nitrogen and oxygen atoms in total. The number of carbonyl (C=O) groups excluding carboxylic acids is 1. The first-order chi connectivity index (χ1) is 13.1. The number of aliphatic hydroxyl groups is 1. The van der Waals surface area contributed by atoms with E-state index in [-0.39, 0.29) is 17.9 Å². The summed E-state index contributed by atoms with van der Waals surface area (Å²) in [6.07, 6.45) is 7.67. The number of carbonyl (C=O) groups is 1. The van der Waals surface area contributed by atoms with Gasteiger partial charge in [-0.2, -0.15) is 10.2 Å². The zero-order valence-corrected chi connectivity index (χ0v) is 15.3. The molecule has 1 fully saturated rings. The van der Waals surface area contributed by atoms with E-state index < -0.39 is 6.10 Å². The second-order valence-corrected chi connectivity index (χ2v) is 7.37. The van der Waals surface area contributed by atoms with Crippen molar-refractivity contribution in [2.75, 3.05) is 0 Å². The standard InChI is InChI=1S/C19H20ClN5O2/c20-16-9-23-25(11-16)10-12-5-17(18(26)6-12)24-19(27)14-3-1-13(2-4-14)15-7-21-22-8-15/h1-4,7-9,11-12,17-18,26H,5-6,10H2,(H,21,22)(H,24,27)/t12?,17-,18-/m1/s1. The molecule has 3 aromatic rings. The van der Waals surface area contributed by atoms with Crippen molar-refractivity contribution in [3.05, 3.63) is 59.6 Å². The van der Waals surface area contributed by atoms with E-state index in [1.807, 2.05) is 12.1 Å². The molecule has 140 valence electrons. The fourth-order valence-electron chi connectivity index (χ4n) is 3.60. The van der Waals surface area contributed by atoms with Crippen molar-refractivity contribution < 1.29 is 9.90 Å². The van der Waals surface area contributed by atoms with Crippen LogP contribution in [0.4, 0.5) is 0 Å². The molecule has 4 rings (SSSR count). The van der Waals surface area contributed by atoms with Gasteiger partial charge in [0.2, 0.25) is 0 Å². The predicted octanol–water partition coefficient (Wildman–Crippen LogP) is 2.50. The van der Waals surface area contributed by atoms with E-state index in [4.69, 9.17) is 11.6 Å². The van der Waals surface area contributed by atoms with Gasteiger partial charge in [0.25, 0.3) is 5.91 Å². The summed E-state index contributed by atoms with van der Waals surface area (Å²) in [4.78, 5) is 12.5. The van der Waals surface area contributed by atoms with E-state index in [1.54, 1.807) is 41.6 Å². The molecule has 0 spiro atoms. The van der Waals surface area contributed by atoms with Crippen molar-refractivity contribution in [2.45, 2.75) is 31.5 Å². The summed E-state index contributed by atoms with van der Waals surface area (Å²) in [7, 11) is 0. The zero-order valence-electron chi connectivity index (χ0n) is 14.5. The molecule has 0 saturated heterocycles. The van der Waals surface area contributed by atoms with Gasteiger partial charge in [-0.1, -0.05) is 23.7 Å². The lowest BCUT2D eigenvalue weighted by molar-refractivity contribution is 0.0873. The molecular formula is C19H20ClN5O2. The van der Waals surface area contributed by atoms with Gasteiger partial charge < -0.3 is 10.4 Å². The molecule has 2 aromatic heterocycles. The van der Waals surface area contributed by atoms with Gasteiger partial charge in [-0.05, 0) is 36.5 Å². The Morgan fingerprint density at radius 1 is 1.26 bits per heavy atom. The Bertz CT molecular complexity index is 907. The molecule has 8 heteroatoms. The number of benzene rings is 1. The van der Waals surface area contributed by atoms with Gasteiger partial charge in [0.15, 0.2) is 0 Å². The minimum Gasteiger partial charge on any atom is -0.391 e. The highest BCUT2D eigenvalue weighted by Gasteiger charge is 2.34. The van der Waals surface area contributed by atoms with Crippen LogP contribution in [0, 0.1) is 5.92 Å². The molecule has 1 aromatic carbocycles. The minimum absolute atomic E-state index is 0.180. The van der Waals surface area contributed by atoms with E-state index in [2.05, 4.69) is 20.6 Å². The van der Waals surface area contributed by atoms with Crippen molar-refractivity contribution in [1.29, 1.82) is 0 Å².